The summed E-state index contributed by atoms with van der Waals surface area (Å²) in [5.41, 5.74) is 6.38. The van der Waals surface area contributed by atoms with Crippen molar-refractivity contribution in [3.05, 3.63) is 11.9 Å². The number of hydrogen-bond donors (Lipinski definition) is 2. The van der Waals surface area contributed by atoms with Crippen molar-refractivity contribution in [3.63, 3.8) is 0 Å². The molecule has 0 radical (unpaired) electrons. The van der Waals surface area contributed by atoms with Crippen molar-refractivity contribution in [2.45, 2.75) is 12.8 Å². The molecule has 6 heteroatoms. The first kappa shape index (κ1) is 11.9. The lowest BCUT2D eigenvalue weighted by Gasteiger charge is -2.07. The molecular formula is C11H18N4O2. The van der Waals surface area contributed by atoms with Gasteiger partial charge in [0.2, 0.25) is 0 Å². The van der Waals surface area contributed by atoms with Gasteiger partial charge >= 0.3 is 0 Å². The van der Waals surface area contributed by atoms with Crippen LogP contribution in [0.5, 0.6) is 0 Å². The summed E-state index contributed by atoms with van der Waals surface area (Å²) in [6.45, 7) is 2.29. The number of nitrogens with one attached hydrogen (secondary N) is 1. The van der Waals surface area contributed by atoms with Crippen molar-refractivity contribution in [3.8, 4) is 0 Å². The van der Waals surface area contributed by atoms with Gasteiger partial charge in [-0.2, -0.15) is 5.10 Å². The second kappa shape index (κ2) is 5.18. The van der Waals surface area contributed by atoms with Gasteiger partial charge in [0.15, 0.2) is 5.69 Å². The molecule has 1 aliphatic rings. The van der Waals surface area contributed by atoms with Crippen LogP contribution >= 0.6 is 0 Å². The Hall–Kier alpha value is -1.56. The number of hydrogen-bond acceptors (Lipinski definition) is 4. The van der Waals surface area contributed by atoms with Crippen molar-refractivity contribution in [2.75, 3.05) is 25.5 Å². The first-order valence-electron chi connectivity index (χ1n) is 5.82. The van der Waals surface area contributed by atoms with Crippen molar-refractivity contribution in [2.24, 2.45) is 13.0 Å². The molecule has 2 rings (SSSR count). The highest BCUT2D eigenvalue weighted by Crippen LogP contribution is 2.15. The number of nitrogen functional groups attached to an aromatic ring is 1. The molecule has 17 heavy (non-hydrogen) atoms. The summed E-state index contributed by atoms with van der Waals surface area (Å²) in [6.07, 6.45) is 3.65. The Labute approximate surface area is 100 Å². The first-order valence-corrected chi connectivity index (χ1v) is 5.82. The predicted molar refractivity (Wildman–Crippen MR) is 63.5 cm³/mol. The molecule has 3 N–H and O–H groups in total. The number of nitrogens with zero attached hydrogens (tertiary/aromatic N) is 2. The molecule has 0 bridgehead atoms. The van der Waals surface area contributed by atoms with Gasteiger partial charge in [-0.1, -0.05) is 0 Å². The number of nitrogens with two attached hydrogens (primary N) is 1. The number of carbonyl (C=O) groups is 1. The van der Waals surface area contributed by atoms with Gasteiger partial charge in [-0.15, -0.1) is 0 Å². The highest BCUT2D eigenvalue weighted by Gasteiger charge is 2.17. The molecule has 1 atom stereocenters. The van der Waals surface area contributed by atoms with Crippen LogP contribution < -0.4 is 11.1 Å². The zero-order chi connectivity index (χ0) is 12.3. The number of ether oxygens (including phenoxy) is 1. The van der Waals surface area contributed by atoms with Gasteiger partial charge in [0.1, 0.15) is 0 Å². The Morgan fingerprint density at radius 2 is 2.59 bits per heavy atom. The van der Waals surface area contributed by atoms with Crippen LogP contribution in [0.1, 0.15) is 23.3 Å². The standard InChI is InChI=1S/C11H18N4O2/c1-15-6-9(12)10(14-15)11(16)13-4-2-8-3-5-17-7-8/h6,8H,2-5,7,12H2,1H3,(H,13,16). The zero-order valence-corrected chi connectivity index (χ0v) is 9.98. The maximum atomic E-state index is 11.8. The molecule has 94 valence electrons. The third-order valence-corrected chi connectivity index (χ3v) is 2.93. The first-order chi connectivity index (χ1) is 8.16. The van der Waals surface area contributed by atoms with Gasteiger partial charge in [0.25, 0.3) is 5.91 Å². The summed E-state index contributed by atoms with van der Waals surface area (Å²) in [5.74, 6) is 0.360. The molecule has 1 aromatic heterocycles. The van der Waals surface area contributed by atoms with E-state index in [2.05, 4.69) is 10.4 Å². The number of carbonyl (C=O) groups excluding carboxylic acids is 1. The summed E-state index contributed by atoms with van der Waals surface area (Å²) in [4.78, 5) is 11.8. The van der Waals surface area contributed by atoms with Crippen molar-refractivity contribution < 1.29 is 9.53 Å². The SMILES string of the molecule is Cn1cc(N)c(C(=O)NCCC2CCOC2)n1. The summed E-state index contributed by atoms with van der Waals surface area (Å²) < 4.78 is 6.81. The summed E-state index contributed by atoms with van der Waals surface area (Å²) >= 11 is 0. The summed E-state index contributed by atoms with van der Waals surface area (Å²) in [5, 5.41) is 6.85. The Bertz CT molecular complexity index is 396. The van der Waals surface area contributed by atoms with Crippen LogP contribution in [0.15, 0.2) is 6.20 Å². The van der Waals surface area contributed by atoms with E-state index in [1.54, 1.807) is 13.2 Å². The molecule has 0 aromatic carbocycles. The Kier molecular flexibility index (Phi) is 3.63. The van der Waals surface area contributed by atoms with Crippen LogP contribution in [0.25, 0.3) is 0 Å². The largest absolute Gasteiger partial charge is 0.396 e. The molecule has 0 saturated carbocycles. The lowest BCUT2D eigenvalue weighted by atomic mass is 10.1. The van der Waals surface area contributed by atoms with E-state index in [0.717, 1.165) is 26.1 Å². The molecule has 6 nitrogen and oxygen atoms in total. The monoisotopic (exact) mass is 238 g/mol. The van der Waals surface area contributed by atoms with Gasteiger partial charge in [0.05, 0.1) is 5.69 Å². The van der Waals surface area contributed by atoms with Gasteiger partial charge in [-0.05, 0) is 18.8 Å². The number of aryl methyl sites for hydroxylation is 1. The predicted octanol–water partition coefficient (Wildman–Crippen LogP) is 0.159. The van der Waals surface area contributed by atoms with Crippen molar-refractivity contribution >= 4 is 11.6 Å². The fourth-order valence-electron chi connectivity index (χ4n) is 1.97. The van der Waals surface area contributed by atoms with Crippen molar-refractivity contribution in [1.29, 1.82) is 0 Å². The van der Waals surface area contributed by atoms with Gasteiger partial charge in [-0.25, -0.2) is 0 Å². The van der Waals surface area contributed by atoms with E-state index in [0.29, 0.717) is 23.8 Å². The highest BCUT2D eigenvalue weighted by atomic mass is 16.5. The van der Waals surface area contributed by atoms with E-state index >= 15 is 0 Å². The molecule has 1 aliphatic heterocycles. The molecule has 1 amide bonds. The van der Waals surface area contributed by atoms with Crippen LogP contribution in [0, 0.1) is 5.92 Å². The Balaban J connectivity index is 1.78. The summed E-state index contributed by atoms with van der Waals surface area (Å²) in [6, 6.07) is 0. The Morgan fingerprint density at radius 3 is 3.18 bits per heavy atom. The summed E-state index contributed by atoms with van der Waals surface area (Å²) in [7, 11) is 1.74. The van der Waals surface area contributed by atoms with Gasteiger partial charge in [-0.3, -0.25) is 9.48 Å². The second-order valence-electron chi connectivity index (χ2n) is 4.38. The lowest BCUT2D eigenvalue weighted by molar-refractivity contribution is 0.0945. The number of amides is 1. The minimum absolute atomic E-state index is 0.206. The average Bonchev–Trinajstić information content (AvgIpc) is 2.88. The minimum atomic E-state index is -0.206. The van der Waals surface area contributed by atoms with E-state index in [-0.39, 0.29) is 5.91 Å². The molecule has 2 heterocycles. The third-order valence-electron chi connectivity index (χ3n) is 2.93. The van der Waals surface area contributed by atoms with Crippen LogP contribution in [0.2, 0.25) is 0 Å². The van der Waals surface area contributed by atoms with Crippen LogP contribution in [0.4, 0.5) is 5.69 Å². The minimum Gasteiger partial charge on any atom is -0.396 e. The van der Waals surface area contributed by atoms with E-state index in [1.807, 2.05) is 0 Å². The van der Waals surface area contributed by atoms with Crippen LogP contribution in [-0.2, 0) is 11.8 Å². The maximum Gasteiger partial charge on any atom is 0.273 e. The molecular weight excluding hydrogens is 220 g/mol. The average molecular weight is 238 g/mol. The van der Waals surface area contributed by atoms with E-state index in [1.165, 1.54) is 4.68 Å². The van der Waals surface area contributed by atoms with E-state index in [4.69, 9.17) is 10.5 Å². The molecule has 1 fully saturated rings. The molecule has 1 aromatic rings. The lowest BCUT2D eigenvalue weighted by Crippen LogP contribution is -2.27. The highest BCUT2D eigenvalue weighted by molar-refractivity contribution is 5.96. The molecule has 0 aliphatic carbocycles. The number of rotatable bonds is 4. The second-order valence-corrected chi connectivity index (χ2v) is 4.38. The number of anilines is 1. The van der Waals surface area contributed by atoms with Gasteiger partial charge < -0.3 is 15.8 Å². The van der Waals surface area contributed by atoms with E-state index < -0.39 is 0 Å². The third kappa shape index (κ3) is 2.97. The smallest absolute Gasteiger partial charge is 0.273 e. The van der Waals surface area contributed by atoms with Crippen LogP contribution in [0.3, 0.4) is 0 Å². The molecule has 1 unspecified atom stereocenters. The van der Waals surface area contributed by atoms with E-state index in [9.17, 15) is 4.79 Å². The van der Waals surface area contributed by atoms with Crippen molar-refractivity contribution in [1.82, 2.24) is 15.1 Å². The quantitative estimate of drug-likeness (QED) is 0.782. The van der Waals surface area contributed by atoms with Crippen LogP contribution in [-0.4, -0.2) is 35.4 Å². The normalized spacial score (nSPS) is 19.5. The fraction of sp³-hybridized carbons (Fsp3) is 0.636. The molecule has 0 spiro atoms. The van der Waals surface area contributed by atoms with Gasteiger partial charge in [0, 0.05) is 33.0 Å². The topological polar surface area (TPSA) is 82.2 Å². The Morgan fingerprint density at radius 1 is 1.76 bits per heavy atom. The zero-order valence-electron chi connectivity index (χ0n) is 9.98. The number of aromatic nitrogens is 2. The fourth-order valence-corrected chi connectivity index (χ4v) is 1.97. The maximum absolute atomic E-state index is 11.8. The molecule has 1 saturated heterocycles.